The van der Waals surface area contributed by atoms with Crippen LogP contribution in [0, 0.1) is 6.92 Å². The Hall–Kier alpha value is -2.30. The predicted octanol–water partition coefficient (Wildman–Crippen LogP) is 2.75. The molecule has 0 saturated carbocycles. The number of hydrogen-bond acceptors (Lipinski definition) is 4. The van der Waals surface area contributed by atoms with Gasteiger partial charge in [0.15, 0.2) is 11.4 Å². The van der Waals surface area contributed by atoms with Gasteiger partial charge in [0.25, 0.3) is 0 Å². The van der Waals surface area contributed by atoms with Crippen LogP contribution in [0.1, 0.15) is 30.0 Å². The van der Waals surface area contributed by atoms with Gasteiger partial charge in [-0.3, -0.25) is 0 Å². The molecular weight excluding hydrogens is 256 g/mol. The third-order valence-corrected chi connectivity index (χ3v) is 2.74. The predicted molar refractivity (Wildman–Crippen MR) is 75.4 cm³/mol. The number of hydrogen-bond donors (Lipinski definition) is 0. The zero-order valence-electron chi connectivity index (χ0n) is 12.1. The largest absolute Gasteiger partial charge is 0.486 e. The Morgan fingerprint density at radius 1 is 1.25 bits per heavy atom. The van der Waals surface area contributed by atoms with Crippen LogP contribution in [0.4, 0.5) is 0 Å². The quantitative estimate of drug-likeness (QED) is 0.804. The van der Waals surface area contributed by atoms with Gasteiger partial charge in [-0.05, 0) is 32.9 Å². The van der Waals surface area contributed by atoms with Gasteiger partial charge in [-0.15, -0.1) is 0 Å². The SMILES string of the molecule is COC(=O)c1c(OC(C)C)c(C)nn1-c1ccccc1. The standard InChI is InChI=1S/C15H18N2O3/c1-10(2)20-14-11(3)16-17(13(14)15(18)19-4)12-8-6-5-7-9-12/h5-10H,1-4H3. The Morgan fingerprint density at radius 3 is 2.45 bits per heavy atom. The van der Waals surface area contributed by atoms with Crippen LogP contribution in [-0.4, -0.2) is 29.0 Å². The van der Waals surface area contributed by atoms with Crippen LogP contribution < -0.4 is 4.74 Å². The van der Waals surface area contributed by atoms with Crippen molar-refractivity contribution in [2.45, 2.75) is 26.9 Å². The topological polar surface area (TPSA) is 53.4 Å². The summed E-state index contributed by atoms with van der Waals surface area (Å²) in [6.45, 7) is 5.62. The molecule has 20 heavy (non-hydrogen) atoms. The van der Waals surface area contributed by atoms with Gasteiger partial charge in [0.2, 0.25) is 0 Å². The van der Waals surface area contributed by atoms with E-state index in [9.17, 15) is 4.79 Å². The molecule has 1 aromatic heterocycles. The lowest BCUT2D eigenvalue weighted by atomic mass is 10.3. The number of carbonyl (C=O) groups is 1. The molecule has 0 fully saturated rings. The summed E-state index contributed by atoms with van der Waals surface area (Å²) in [5.74, 6) is 0.000746. The van der Waals surface area contributed by atoms with E-state index in [0.717, 1.165) is 5.69 Å². The average Bonchev–Trinajstić information content (AvgIpc) is 2.76. The molecule has 0 bridgehead atoms. The molecule has 106 valence electrons. The normalized spacial score (nSPS) is 10.7. The number of aryl methyl sites for hydroxylation is 1. The third kappa shape index (κ3) is 2.66. The minimum Gasteiger partial charge on any atom is -0.486 e. The monoisotopic (exact) mass is 274 g/mol. The zero-order valence-corrected chi connectivity index (χ0v) is 12.1. The molecule has 0 aliphatic rings. The van der Waals surface area contributed by atoms with E-state index in [-0.39, 0.29) is 6.10 Å². The molecule has 0 atom stereocenters. The number of aromatic nitrogens is 2. The van der Waals surface area contributed by atoms with Gasteiger partial charge in [-0.1, -0.05) is 18.2 Å². The first-order chi connectivity index (χ1) is 9.54. The molecule has 0 amide bonds. The first-order valence-electron chi connectivity index (χ1n) is 6.44. The Labute approximate surface area is 118 Å². The van der Waals surface area contributed by atoms with Crippen molar-refractivity contribution in [1.29, 1.82) is 0 Å². The highest BCUT2D eigenvalue weighted by Crippen LogP contribution is 2.27. The summed E-state index contributed by atoms with van der Waals surface area (Å²) in [7, 11) is 1.35. The lowest BCUT2D eigenvalue weighted by molar-refractivity contribution is 0.0584. The summed E-state index contributed by atoms with van der Waals surface area (Å²) in [4.78, 5) is 12.1. The van der Waals surface area contributed by atoms with Gasteiger partial charge in [0.05, 0.1) is 18.9 Å². The van der Waals surface area contributed by atoms with Crippen LogP contribution in [0.15, 0.2) is 30.3 Å². The molecule has 1 heterocycles. The summed E-state index contributed by atoms with van der Waals surface area (Å²) in [6.07, 6.45) is -0.0504. The third-order valence-electron chi connectivity index (χ3n) is 2.74. The molecule has 2 rings (SSSR count). The number of para-hydroxylation sites is 1. The van der Waals surface area contributed by atoms with Gasteiger partial charge in [-0.25, -0.2) is 9.48 Å². The van der Waals surface area contributed by atoms with E-state index in [0.29, 0.717) is 17.1 Å². The minimum absolute atomic E-state index is 0.0504. The summed E-state index contributed by atoms with van der Waals surface area (Å²) in [5, 5.41) is 4.39. The molecule has 0 saturated heterocycles. The molecule has 0 aliphatic carbocycles. The van der Waals surface area contributed by atoms with E-state index in [1.165, 1.54) is 7.11 Å². The van der Waals surface area contributed by atoms with Crippen LogP contribution in [0.25, 0.3) is 5.69 Å². The maximum absolute atomic E-state index is 12.1. The van der Waals surface area contributed by atoms with Crippen molar-refractivity contribution < 1.29 is 14.3 Å². The van der Waals surface area contributed by atoms with Crippen LogP contribution in [0.2, 0.25) is 0 Å². The van der Waals surface area contributed by atoms with E-state index in [4.69, 9.17) is 9.47 Å². The number of carbonyl (C=O) groups excluding carboxylic acids is 1. The summed E-state index contributed by atoms with van der Waals surface area (Å²) in [6, 6.07) is 9.42. The molecule has 0 radical (unpaired) electrons. The van der Waals surface area contributed by atoms with Gasteiger partial charge < -0.3 is 9.47 Å². The molecular formula is C15H18N2O3. The summed E-state index contributed by atoms with van der Waals surface area (Å²) < 4.78 is 12.1. The Kier molecular flexibility index (Phi) is 4.08. The molecule has 5 nitrogen and oxygen atoms in total. The van der Waals surface area contributed by atoms with Gasteiger partial charge in [-0.2, -0.15) is 5.10 Å². The maximum Gasteiger partial charge on any atom is 0.360 e. The van der Waals surface area contributed by atoms with Crippen LogP contribution in [0.3, 0.4) is 0 Å². The molecule has 5 heteroatoms. The van der Waals surface area contributed by atoms with Crippen LogP contribution in [0.5, 0.6) is 5.75 Å². The fraction of sp³-hybridized carbons (Fsp3) is 0.333. The van der Waals surface area contributed by atoms with Crippen molar-refractivity contribution in [2.75, 3.05) is 7.11 Å². The van der Waals surface area contributed by atoms with Crippen molar-refractivity contribution in [1.82, 2.24) is 9.78 Å². The number of esters is 1. The molecule has 1 aromatic carbocycles. The molecule has 0 spiro atoms. The lowest BCUT2D eigenvalue weighted by Crippen LogP contribution is -2.14. The van der Waals surface area contributed by atoms with Crippen molar-refractivity contribution >= 4 is 5.97 Å². The molecule has 0 unspecified atom stereocenters. The highest BCUT2D eigenvalue weighted by atomic mass is 16.5. The molecule has 2 aromatic rings. The fourth-order valence-corrected chi connectivity index (χ4v) is 1.92. The minimum atomic E-state index is -0.467. The number of benzene rings is 1. The van der Waals surface area contributed by atoms with Gasteiger partial charge >= 0.3 is 5.97 Å². The van der Waals surface area contributed by atoms with E-state index < -0.39 is 5.97 Å². The molecule has 0 aliphatic heterocycles. The van der Waals surface area contributed by atoms with E-state index in [2.05, 4.69) is 5.10 Å². The van der Waals surface area contributed by atoms with Crippen molar-refractivity contribution in [3.63, 3.8) is 0 Å². The second-order valence-corrected chi connectivity index (χ2v) is 4.67. The maximum atomic E-state index is 12.1. The number of methoxy groups -OCH3 is 1. The van der Waals surface area contributed by atoms with E-state index >= 15 is 0 Å². The first-order valence-corrected chi connectivity index (χ1v) is 6.44. The number of ether oxygens (including phenoxy) is 2. The second-order valence-electron chi connectivity index (χ2n) is 4.67. The van der Waals surface area contributed by atoms with E-state index in [1.807, 2.05) is 51.1 Å². The van der Waals surface area contributed by atoms with Crippen LogP contribution in [-0.2, 0) is 4.74 Å². The smallest absolute Gasteiger partial charge is 0.360 e. The highest BCUT2D eigenvalue weighted by molar-refractivity contribution is 5.91. The van der Waals surface area contributed by atoms with Crippen molar-refractivity contribution in [3.05, 3.63) is 41.7 Å². The fourth-order valence-electron chi connectivity index (χ4n) is 1.92. The summed E-state index contributed by atoms with van der Waals surface area (Å²) >= 11 is 0. The van der Waals surface area contributed by atoms with Gasteiger partial charge in [0.1, 0.15) is 5.69 Å². The average molecular weight is 274 g/mol. The number of rotatable bonds is 4. The van der Waals surface area contributed by atoms with Crippen molar-refractivity contribution in [2.24, 2.45) is 0 Å². The Bertz CT molecular complexity index is 603. The zero-order chi connectivity index (χ0) is 14.7. The Balaban J connectivity index is 2.60. The van der Waals surface area contributed by atoms with Gasteiger partial charge in [0, 0.05) is 0 Å². The lowest BCUT2D eigenvalue weighted by Gasteiger charge is -2.11. The van der Waals surface area contributed by atoms with E-state index in [1.54, 1.807) is 4.68 Å². The summed E-state index contributed by atoms with van der Waals surface area (Å²) in [5.41, 5.74) is 1.75. The van der Waals surface area contributed by atoms with Crippen LogP contribution >= 0.6 is 0 Å². The molecule has 0 N–H and O–H groups in total. The first kappa shape index (κ1) is 14.1. The highest BCUT2D eigenvalue weighted by Gasteiger charge is 2.25. The number of nitrogens with zero attached hydrogens (tertiary/aromatic N) is 2. The Morgan fingerprint density at radius 2 is 1.90 bits per heavy atom. The second kappa shape index (κ2) is 5.77. The van der Waals surface area contributed by atoms with Crippen molar-refractivity contribution in [3.8, 4) is 11.4 Å².